The number of allylic oxidation sites excluding steroid dienone is 1. The topological polar surface area (TPSA) is 81.9 Å². The second kappa shape index (κ2) is 11.3. The highest BCUT2D eigenvalue weighted by molar-refractivity contribution is 7.99. The van der Waals surface area contributed by atoms with Crippen LogP contribution in [0.3, 0.4) is 0 Å². The first-order valence-corrected chi connectivity index (χ1v) is 12.7. The van der Waals surface area contributed by atoms with Crippen molar-refractivity contribution in [3.05, 3.63) is 71.6 Å². The number of hydrogen-bond acceptors (Lipinski definition) is 7. The number of carbonyl (C=O) groups excluding carboxylic acids is 1. The summed E-state index contributed by atoms with van der Waals surface area (Å²) in [6, 6.07) is 15.1. The van der Waals surface area contributed by atoms with Crippen LogP contribution in [0.4, 0.5) is 5.13 Å². The van der Waals surface area contributed by atoms with Crippen LogP contribution in [0.2, 0.25) is 5.02 Å². The van der Waals surface area contributed by atoms with Crippen molar-refractivity contribution in [3.63, 3.8) is 0 Å². The Morgan fingerprint density at radius 3 is 2.62 bits per heavy atom. The maximum absolute atomic E-state index is 12.5. The fraction of sp³-hybridized carbons (Fsp3) is 0.167. The number of nitrogens with zero attached hydrogens (tertiary/aromatic N) is 4. The van der Waals surface area contributed by atoms with E-state index in [1.54, 1.807) is 6.08 Å². The van der Waals surface area contributed by atoms with Crippen LogP contribution in [0.25, 0.3) is 22.6 Å². The van der Waals surface area contributed by atoms with Crippen LogP contribution in [0.5, 0.6) is 5.75 Å². The van der Waals surface area contributed by atoms with Gasteiger partial charge in [-0.2, -0.15) is 0 Å². The molecule has 0 aliphatic carbocycles. The van der Waals surface area contributed by atoms with Gasteiger partial charge >= 0.3 is 0 Å². The number of amides is 1. The Morgan fingerprint density at radius 1 is 1.18 bits per heavy atom. The molecular weight excluding hydrogens is 490 g/mol. The zero-order valence-electron chi connectivity index (χ0n) is 18.4. The van der Waals surface area contributed by atoms with Gasteiger partial charge in [-0.3, -0.25) is 9.36 Å². The minimum absolute atomic E-state index is 0.169. The van der Waals surface area contributed by atoms with Crippen molar-refractivity contribution < 1.29 is 9.53 Å². The quantitative estimate of drug-likeness (QED) is 0.206. The van der Waals surface area contributed by atoms with Crippen LogP contribution in [-0.4, -0.2) is 38.0 Å². The van der Waals surface area contributed by atoms with Gasteiger partial charge in [0, 0.05) is 28.1 Å². The van der Waals surface area contributed by atoms with E-state index in [2.05, 4.69) is 27.1 Å². The van der Waals surface area contributed by atoms with E-state index < -0.39 is 0 Å². The van der Waals surface area contributed by atoms with Gasteiger partial charge in [0.05, 0.1) is 18.1 Å². The van der Waals surface area contributed by atoms with Gasteiger partial charge in [0.15, 0.2) is 16.1 Å². The smallest absolute Gasteiger partial charge is 0.236 e. The molecule has 0 atom stereocenters. The summed E-state index contributed by atoms with van der Waals surface area (Å²) in [7, 11) is 0. The number of thioether (sulfide) groups is 1. The minimum atomic E-state index is -0.169. The summed E-state index contributed by atoms with van der Waals surface area (Å²) >= 11 is 8.63. The first-order valence-electron chi connectivity index (χ1n) is 10.5. The molecule has 4 rings (SSSR count). The summed E-state index contributed by atoms with van der Waals surface area (Å²) in [4.78, 5) is 17.0. The molecular formula is C24H22ClN5O2S2. The molecule has 34 heavy (non-hydrogen) atoms. The summed E-state index contributed by atoms with van der Waals surface area (Å²) in [5.74, 6) is 1.51. The largest absolute Gasteiger partial charge is 0.494 e. The van der Waals surface area contributed by atoms with E-state index in [-0.39, 0.29) is 11.7 Å². The Labute approximate surface area is 210 Å². The zero-order valence-corrected chi connectivity index (χ0v) is 20.8. The van der Waals surface area contributed by atoms with Crippen LogP contribution in [0.15, 0.2) is 71.7 Å². The van der Waals surface area contributed by atoms with Gasteiger partial charge in [-0.15, -0.1) is 28.1 Å². The molecule has 2 aromatic carbocycles. The molecule has 4 aromatic rings. The van der Waals surface area contributed by atoms with Gasteiger partial charge < -0.3 is 10.1 Å². The van der Waals surface area contributed by atoms with Crippen molar-refractivity contribution in [2.75, 3.05) is 17.7 Å². The molecule has 0 fully saturated rings. The maximum Gasteiger partial charge on any atom is 0.236 e. The molecule has 0 saturated heterocycles. The number of benzene rings is 2. The molecule has 0 aliphatic rings. The Kier molecular flexibility index (Phi) is 7.99. The molecule has 10 heteroatoms. The standard InChI is InChI=1S/C24H22ClN5O2S2/c1-3-13-30-22(17-7-11-19(12-8-17)32-4-2)28-29-24(30)34-15-21(31)27-23-26-20(14-33-23)16-5-9-18(25)10-6-16/h3,5-12,14H,1,4,13,15H2,2H3,(H,26,27,31). The van der Waals surface area contributed by atoms with Crippen LogP contribution < -0.4 is 10.1 Å². The van der Waals surface area contributed by atoms with Crippen LogP contribution in [-0.2, 0) is 11.3 Å². The van der Waals surface area contributed by atoms with Crippen molar-refractivity contribution in [2.24, 2.45) is 0 Å². The van der Waals surface area contributed by atoms with Gasteiger partial charge in [-0.1, -0.05) is 41.6 Å². The van der Waals surface area contributed by atoms with Gasteiger partial charge in [0.25, 0.3) is 0 Å². The predicted octanol–water partition coefficient (Wildman–Crippen LogP) is 6.04. The van der Waals surface area contributed by atoms with E-state index in [0.29, 0.717) is 34.3 Å². The SMILES string of the molecule is C=CCn1c(SCC(=O)Nc2nc(-c3ccc(Cl)cc3)cs2)nnc1-c1ccc(OCC)cc1. The molecule has 0 unspecified atom stereocenters. The number of anilines is 1. The number of carbonyl (C=O) groups is 1. The summed E-state index contributed by atoms with van der Waals surface area (Å²) in [5, 5.41) is 15.2. The zero-order chi connectivity index (χ0) is 23.9. The van der Waals surface area contributed by atoms with Crippen molar-refractivity contribution in [3.8, 4) is 28.4 Å². The monoisotopic (exact) mass is 511 g/mol. The summed E-state index contributed by atoms with van der Waals surface area (Å²) in [6.07, 6.45) is 1.78. The molecule has 0 bridgehead atoms. The molecule has 1 N–H and O–H groups in total. The third-order valence-corrected chi connectivity index (χ3v) is 6.65. The van der Waals surface area contributed by atoms with Crippen LogP contribution in [0, 0.1) is 0 Å². The van der Waals surface area contributed by atoms with E-state index in [1.165, 1.54) is 23.1 Å². The average molecular weight is 512 g/mol. The molecule has 1 amide bonds. The molecule has 0 radical (unpaired) electrons. The minimum Gasteiger partial charge on any atom is -0.494 e. The Hall–Kier alpha value is -3.14. The molecule has 2 aromatic heterocycles. The number of halogens is 1. The lowest BCUT2D eigenvalue weighted by molar-refractivity contribution is -0.113. The lowest BCUT2D eigenvalue weighted by Crippen LogP contribution is -2.14. The van der Waals surface area contributed by atoms with Gasteiger partial charge in [-0.05, 0) is 43.3 Å². The number of ether oxygens (including phenoxy) is 1. The van der Waals surface area contributed by atoms with E-state index in [4.69, 9.17) is 16.3 Å². The highest BCUT2D eigenvalue weighted by Crippen LogP contribution is 2.28. The second-order valence-corrected chi connectivity index (χ2v) is 9.28. The molecule has 0 saturated carbocycles. The number of hydrogen-bond donors (Lipinski definition) is 1. The van der Waals surface area contributed by atoms with Crippen LogP contribution in [0.1, 0.15) is 6.92 Å². The van der Waals surface area contributed by atoms with Crippen molar-refractivity contribution in [1.82, 2.24) is 19.7 Å². The van der Waals surface area contributed by atoms with Crippen molar-refractivity contribution >= 4 is 45.7 Å². The van der Waals surface area contributed by atoms with E-state index in [1.807, 2.05) is 65.4 Å². The third-order valence-electron chi connectivity index (χ3n) is 4.67. The molecule has 0 spiro atoms. The lowest BCUT2D eigenvalue weighted by Gasteiger charge is -2.08. The Balaban J connectivity index is 1.40. The molecule has 174 valence electrons. The summed E-state index contributed by atoms with van der Waals surface area (Å²) in [5.41, 5.74) is 2.64. The Bertz CT molecular complexity index is 1270. The van der Waals surface area contributed by atoms with E-state index >= 15 is 0 Å². The predicted molar refractivity (Wildman–Crippen MR) is 139 cm³/mol. The molecule has 2 heterocycles. The first-order chi connectivity index (χ1) is 16.6. The van der Waals surface area contributed by atoms with Crippen molar-refractivity contribution in [2.45, 2.75) is 18.6 Å². The third kappa shape index (κ3) is 5.85. The van der Waals surface area contributed by atoms with Crippen LogP contribution >= 0.6 is 34.7 Å². The molecule has 0 aliphatic heterocycles. The van der Waals surface area contributed by atoms with Gasteiger partial charge in [0.2, 0.25) is 5.91 Å². The van der Waals surface area contributed by atoms with Crippen molar-refractivity contribution in [1.29, 1.82) is 0 Å². The number of aromatic nitrogens is 4. The highest BCUT2D eigenvalue weighted by Gasteiger charge is 2.16. The van der Waals surface area contributed by atoms with E-state index in [0.717, 1.165) is 22.6 Å². The fourth-order valence-corrected chi connectivity index (χ4v) is 4.75. The first kappa shape index (κ1) is 24.0. The summed E-state index contributed by atoms with van der Waals surface area (Å²) < 4.78 is 7.44. The van der Waals surface area contributed by atoms with E-state index in [9.17, 15) is 4.79 Å². The number of thiazole rings is 1. The fourth-order valence-electron chi connectivity index (χ4n) is 3.14. The highest BCUT2D eigenvalue weighted by atomic mass is 35.5. The number of rotatable bonds is 10. The van der Waals surface area contributed by atoms with Gasteiger partial charge in [0.1, 0.15) is 5.75 Å². The Morgan fingerprint density at radius 2 is 1.91 bits per heavy atom. The maximum atomic E-state index is 12.5. The lowest BCUT2D eigenvalue weighted by atomic mass is 10.2. The number of nitrogens with one attached hydrogen (secondary N) is 1. The second-order valence-electron chi connectivity index (χ2n) is 7.04. The normalized spacial score (nSPS) is 10.8. The molecule has 7 nitrogen and oxygen atoms in total. The van der Waals surface area contributed by atoms with Gasteiger partial charge in [-0.25, -0.2) is 4.98 Å². The average Bonchev–Trinajstić information content (AvgIpc) is 3.46. The summed E-state index contributed by atoms with van der Waals surface area (Å²) in [6.45, 7) is 6.91.